The number of amides is 1. The Morgan fingerprint density at radius 3 is 2.48 bits per heavy atom. The van der Waals surface area contributed by atoms with E-state index >= 15 is 0 Å². The smallest absolute Gasteiger partial charge is 0.234 e. The minimum atomic E-state index is 0.00700. The van der Waals surface area contributed by atoms with Crippen LogP contribution in [-0.4, -0.2) is 37.0 Å². The fraction of sp³-hybridized carbons (Fsp3) is 0.571. The summed E-state index contributed by atoms with van der Waals surface area (Å²) in [4.78, 5) is 14.9. The normalized spacial score (nSPS) is 16.2. The highest BCUT2D eigenvalue weighted by atomic mass is 16.5. The van der Waals surface area contributed by atoms with Crippen LogP contribution in [0.15, 0.2) is 36.9 Å². The molecule has 0 spiro atoms. The van der Waals surface area contributed by atoms with Crippen molar-refractivity contribution < 1.29 is 9.53 Å². The Morgan fingerprint density at radius 1 is 1.32 bits per heavy atom. The second-order valence-corrected chi connectivity index (χ2v) is 7.22. The lowest BCUT2D eigenvalue weighted by Crippen LogP contribution is -2.43. The Balaban J connectivity index is 2.01. The molecule has 1 amide bonds. The van der Waals surface area contributed by atoms with Crippen molar-refractivity contribution in [2.75, 3.05) is 20.2 Å². The van der Waals surface area contributed by atoms with Gasteiger partial charge in [0.05, 0.1) is 19.7 Å². The Morgan fingerprint density at radius 2 is 1.96 bits per heavy atom. The van der Waals surface area contributed by atoms with E-state index < -0.39 is 0 Å². The van der Waals surface area contributed by atoms with Crippen molar-refractivity contribution in [3.05, 3.63) is 42.5 Å². The van der Waals surface area contributed by atoms with Gasteiger partial charge in [-0.3, -0.25) is 9.69 Å². The summed E-state index contributed by atoms with van der Waals surface area (Å²) in [5.74, 6) is 1.23. The van der Waals surface area contributed by atoms with Gasteiger partial charge in [0, 0.05) is 12.6 Å². The van der Waals surface area contributed by atoms with Crippen LogP contribution in [0.2, 0.25) is 0 Å². The molecule has 1 N–H and O–H groups in total. The standard InChI is InChI=1S/C21H32N2O2/c1-5-14-23(18-8-6-7-9-18)15-20(24)22-21(16(2)3)17-10-12-19(25-4)13-11-17/h5,10-13,16,18,21H,1,6-9,14-15H2,2-4H3,(H,22,24)/t21-/m0/s1. The monoisotopic (exact) mass is 344 g/mol. The molecule has 25 heavy (non-hydrogen) atoms. The van der Waals surface area contributed by atoms with Crippen LogP contribution in [0.5, 0.6) is 5.75 Å². The van der Waals surface area contributed by atoms with Gasteiger partial charge in [-0.15, -0.1) is 6.58 Å². The number of benzene rings is 1. The van der Waals surface area contributed by atoms with Crippen molar-refractivity contribution in [1.82, 2.24) is 10.2 Å². The van der Waals surface area contributed by atoms with E-state index in [9.17, 15) is 4.79 Å². The van der Waals surface area contributed by atoms with Crippen molar-refractivity contribution in [3.63, 3.8) is 0 Å². The molecular formula is C21H32N2O2. The summed E-state index contributed by atoms with van der Waals surface area (Å²) in [7, 11) is 1.66. The van der Waals surface area contributed by atoms with E-state index in [1.54, 1.807) is 7.11 Å². The average Bonchev–Trinajstić information content (AvgIpc) is 3.14. The zero-order chi connectivity index (χ0) is 18.2. The van der Waals surface area contributed by atoms with Gasteiger partial charge in [-0.2, -0.15) is 0 Å². The highest BCUT2D eigenvalue weighted by Crippen LogP contribution is 2.25. The van der Waals surface area contributed by atoms with E-state index in [-0.39, 0.29) is 11.9 Å². The zero-order valence-electron chi connectivity index (χ0n) is 15.8. The molecule has 1 aromatic carbocycles. The lowest BCUT2D eigenvalue weighted by molar-refractivity contribution is -0.123. The molecule has 0 bridgehead atoms. The van der Waals surface area contributed by atoms with Crippen LogP contribution in [0.3, 0.4) is 0 Å². The number of ether oxygens (including phenoxy) is 1. The SMILES string of the molecule is C=CCN(CC(=O)N[C@H](c1ccc(OC)cc1)C(C)C)C1CCCC1. The molecule has 138 valence electrons. The van der Waals surface area contributed by atoms with Gasteiger partial charge >= 0.3 is 0 Å². The summed E-state index contributed by atoms with van der Waals surface area (Å²) in [5, 5.41) is 3.23. The fourth-order valence-corrected chi connectivity index (χ4v) is 3.63. The lowest BCUT2D eigenvalue weighted by Gasteiger charge is -2.29. The van der Waals surface area contributed by atoms with Gasteiger partial charge in [0.15, 0.2) is 0 Å². The third-order valence-corrected chi connectivity index (χ3v) is 5.01. The number of rotatable bonds is 9. The molecule has 0 radical (unpaired) electrons. The second-order valence-electron chi connectivity index (χ2n) is 7.22. The van der Waals surface area contributed by atoms with Crippen LogP contribution >= 0.6 is 0 Å². The third kappa shape index (κ3) is 5.60. The van der Waals surface area contributed by atoms with Crippen LogP contribution in [0, 0.1) is 5.92 Å². The maximum atomic E-state index is 12.7. The Bertz CT molecular complexity index is 548. The first-order valence-electron chi connectivity index (χ1n) is 9.33. The van der Waals surface area contributed by atoms with Crippen LogP contribution in [-0.2, 0) is 4.79 Å². The molecule has 1 aromatic rings. The van der Waals surface area contributed by atoms with E-state index in [4.69, 9.17) is 4.74 Å². The topological polar surface area (TPSA) is 41.6 Å². The minimum absolute atomic E-state index is 0.00700. The van der Waals surface area contributed by atoms with Crippen molar-refractivity contribution in [2.45, 2.75) is 51.6 Å². The molecule has 0 heterocycles. The first-order valence-corrected chi connectivity index (χ1v) is 9.33. The molecule has 1 fully saturated rings. The number of carbonyl (C=O) groups excluding carboxylic acids is 1. The van der Waals surface area contributed by atoms with Gasteiger partial charge in [0.25, 0.3) is 0 Å². The highest BCUT2D eigenvalue weighted by Gasteiger charge is 2.25. The van der Waals surface area contributed by atoms with Gasteiger partial charge in [-0.1, -0.05) is 44.9 Å². The Kier molecular flexibility index (Phi) is 7.51. The van der Waals surface area contributed by atoms with E-state index in [0.29, 0.717) is 18.5 Å². The van der Waals surface area contributed by atoms with Gasteiger partial charge in [-0.05, 0) is 36.5 Å². The van der Waals surface area contributed by atoms with Gasteiger partial charge in [0.1, 0.15) is 5.75 Å². The van der Waals surface area contributed by atoms with E-state index in [0.717, 1.165) is 17.9 Å². The van der Waals surface area contributed by atoms with Crippen molar-refractivity contribution in [2.24, 2.45) is 5.92 Å². The first kappa shape index (κ1) is 19.5. The predicted molar refractivity (Wildman–Crippen MR) is 103 cm³/mol. The van der Waals surface area contributed by atoms with Gasteiger partial charge in [-0.25, -0.2) is 0 Å². The number of methoxy groups -OCH3 is 1. The Labute approximate surface area is 152 Å². The summed E-state index contributed by atoms with van der Waals surface area (Å²) in [6, 6.07) is 8.47. The summed E-state index contributed by atoms with van der Waals surface area (Å²) in [5.41, 5.74) is 1.11. The highest BCUT2D eigenvalue weighted by molar-refractivity contribution is 5.78. The number of carbonyl (C=O) groups is 1. The molecular weight excluding hydrogens is 312 g/mol. The largest absolute Gasteiger partial charge is 0.497 e. The van der Waals surface area contributed by atoms with Crippen LogP contribution < -0.4 is 10.1 Å². The van der Waals surface area contributed by atoms with E-state index in [2.05, 4.69) is 30.6 Å². The zero-order valence-corrected chi connectivity index (χ0v) is 15.8. The first-order chi connectivity index (χ1) is 12.0. The number of nitrogens with one attached hydrogen (secondary N) is 1. The minimum Gasteiger partial charge on any atom is -0.497 e. The number of hydrogen-bond acceptors (Lipinski definition) is 3. The molecule has 4 nitrogen and oxygen atoms in total. The summed E-state index contributed by atoms with van der Waals surface area (Å²) in [6.07, 6.45) is 6.80. The fourth-order valence-electron chi connectivity index (χ4n) is 3.63. The summed E-state index contributed by atoms with van der Waals surface area (Å²) in [6.45, 7) is 9.32. The summed E-state index contributed by atoms with van der Waals surface area (Å²) < 4.78 is 5.22. The lowest BCUT2D eigenvalue weighted by atomic mass is 9.96. The molecule has 1 aliphatic rings. The molecule has 0 aromatic heterocycles. The molecule has 2 rings (SSSR count). The van der Waals surface area contributed by atoms with Gasteiger partial charge in [0.2, 0.25) is 5.91 Å². The maximum Gasteiger partial charge on any atom is 0.234 e. The predicted octanol–water partition coefficient (Wildman–Crippen LogP) is 3.94. The van der Waals surface area contributed by atoms with Crippen molar-refractivity contribution >= 4 is 5.91 Å². The Hall–Kier alpha value is -1.81. The van der Waals surface area contributed by atoms with Crippen LogP contribution in [0.25, 0.3) is 0 Å². The van der Waals surface area contributed by atoms with Crippen LogP contribution in [0.1, 0.15) is 51.1 Å². The quantitative estimate of drug-likeness (QED) is 0.690. The van der Waals surface area contributed by atoms with Crippen molar-refractivity contribution in [3.8, 4) is 5.75 Å². The molecule has 0 unspecified atom stereocenters. The average molecular weight is 344 g/mol. The molecule has 0 aliphatic heterocycles. The van der Waals surface area contributed by atoms with E-state index in [1.807, 2.05) is 30.3 Å². The summed E-state index contributed by atoms with van der Waals surface area (Å²) >= 11 is 0. The molecule has 0 saturated heterocycles. The number of hydrogen-bond donors (Lipinski definition) is 1. The molecule has 4 heteroatoms. The third-order valence-electron chi connectivity index (χ3n) is 5.01. The van der Waals surface area contributed by atoms with Crippen molar-refractivity contribution in [1.29, 1.82) is 0 Å². The van der Waals surface area contributed by atoms with Gasteiger partial charge < -0.3 is 10.1 Å². The number of nitrogens with zero attached hydrogens (tertiary/aromatic N) is 1. The molecule has 1 saturated carbocycles. The molecule has 1 aliphatic carbocycles. The maximum absolute atomic E-state index is 12.7. The van der Waals surface area contributed by atoms with Crippen LogP contribution in [0.4, 0.5) is 0 Å². The second kappa shape index (κ2) is 9.62. The molecule has 1 atom stereocenters. The van der Waals surface area contributed by atoms with E-state index in [1.165, 1.54) is 25.7 Å².